The van der Waals surface area contributed by atoms with Crippen LogP contribution in [0.1, 0.15) is 27.0 Å². The first-order chi connectivity index (χ1) is 10.7. The minimum Gasteiger partial charge on any atom is -0.466 e. The maximum Gasteiger partial charge on any atom is 0.331 e. The lowest BCUT2D eigenvalue weighted by molar-refractivity contribution is -0.134. The van der Waals surface area contributed by atoms with Gasteiger partial charge in [-0.15, -0.1) is 0 Å². The third-order valence-corrected chi connectivity index (χ3v) is 3.66. The smallest absolute Gasteiger partial charge is 0.331 e. The minimum absolute atomic E-state index is 0.387. The van der Waals surface area contributed by atoms with E-state index in [4.69, 9.17) is 4.74 Å². The van der Waals surface area contributed by atoms with Crippen LogP contribution in [0.5, 0.6) is 0 Å². The lowest BCUT2D eigenvalue weighted by atomic mass is 9.96. The van der Waals surface area contributed by atoms with Crippen LogP contribution >= 0.6 is 0 Å². The summed E-state index contributed by atoms with van der Waals surface area (Å²) < 4.78 is 4.76. The van der Waals surface area contributed by atoms with Crippen molar-refractivity contribution in [3.8, 4) is 0 Å². The van der Waals surface area contributed by atoms with Crippen LogP contribution in [0.3, 0.4) is 0 Å². The second-order valence-electron chi connectivity index (χ2n) is 4.97. The highest BCUT2D eigenvalue weighted by atomic mass is 16.5. The first-order valence-electron chi connectivity index (χ1n) is 6.89. The maximum absolute atomic E-state index is 11.7. The van der Waals surface area contributed by atoms with Crippen LogP contribution < -0.4 is 0 Å². The molecule has 0 aliphatic heterocycles. The summed E-state index contributed by atoms with van der Waals surface area (Å²) in [5.41, 5.74) is 5.43. The summed E-state index contributed by atoms with van der Waals surface area (Å²) in [6.45, 7) is 0. The van der Waals surface area contributed by atoms with Gasteiger partial charge in [0.05, 0.1) is 7.11 Å². The van der Waals surface area contributed by atoms with Gasteiger partial charge in [-0.3, -0.25) is 4.79 Å². The summed E-state index contributed by atoms with van der Waals surface area (Å²) in [5.74, 6) is -0.387. The molecule has 2 aromatic carbocycles. The van der Waals surface area contributed by atoms with Crippen molar-refractivity contribution in [2.75, 3.05) is 7.11 Å². The zero-order chi connectivity index (χ0) is 15.5. The molecule has 2 aromatic rings. The molecular weight excluding hydrogens is 276 g/mol. The number of hydrogen-bond acceptors (Lipinski definition) is 3. The summed E-state index contributed by atoms with van der Waals surface area (Å²) in [6, 6.07) is 15.2. The molecule has 0 heterocycles. The van der Waals surface area contributed by atoms with Crippen LogP contribution in [-0.4, -0.2) is 19.4 Å². The van der Waals surface area contributed by atoms with E-state index in [1.54, 1.807) is 12.1 Å². The third-order valence-electron chi connectivity index (χ3n) is 3.66. The van der Waals surface area contributed by atoms with E-state index >= 15 is 0 Å². The van der Waals surface area contributed by atoms with Crippen LogP contribution in [0, 0.1) is 0 Å². The maximum atomic E-state index is 11.7. The van der Waals surface area contributed by atoms with Crippen molar-refractivity contribution in [1.29, 1.82) is 0 Å². The Morgan fingerprint density at radius 2 is 1.77 bits per heavy atom. The third kappa shape index (κ3) is 2.49. The monoisotopic (exact) mass is 290 g/mol. The highest BCUT2D eigenvalue weighted by molar-refractivity contribution is 6.20. The summed E-state index contributed by atoms with van der Waals surface area (Å²) in [6.07, 6.45) is 4.36. The van der Waals surface area contributed by atoms with Crippen LogP contribution in [0.2, 0.25) is 0 Å². The summed E-state index contributed by atoms with van der Waals surface area (Å²) in [5, 5.41) is 0. The van der Waals surface area contributed by atoms with Gasteiger partial charge < -0.3 is 4.74 Å². The fraction of sp³-hybridized carbons (Fsp3) is 0.0526. The molecule has 1 aliphatic rings. The molecule has 3 heteroatoms. The summed E-state index contributed by atoms with van der Waals surface area (Å²) in [4.78, 5) is 22.5. The molecule has 1 aliphatic carbocycles. The van der Waals surface area contributed by atoms with Crippen LogP contribution in [-0.2, 0) is 9.53 Å². The van der Waals surface area contributed by atoms with Crippen molar-refractivity contribution in [3.05, 3.63) is 76.9 Å². The second-order valence-corrected chi connectivity index (χ2v) is 4.97. The number of aldehydes is 1. The van der Waals surface area contributed by atoms with Crippen molar-refractivity contribution in [2.45, 2.75) is 0 Å². The van der Waals surface area contributed by atoms with E-state index in [-0.39, 0.29) is 5.97 Å². The van der Waals surface area contributed by atoms with E-state index in [9.17, 15) is 9.59 Å². The number of benzene rings is 2. The molecule has 0 radical (unpaired) electrons. The second kappa shape index (κ2) is 5.82. The Morgan fingerprint density at radius 1 is 1.05 bits per heavy atom. The Morgan fingerprint density at radius 3 is 2.45 bits per heavy atom. The highest BCUT2D eigenvalue weighted by Gasteiger charge is 2.20. The molecule has 3 nitrogen and oxygen atoms in total. The van der Waals surface area contributed by atoms with Gasteiger partial charge in [0.2, 0.25) is 0 Å². The van der Waals surface area contributed by atoms with Crippen molar-refractivity contribution in [1.82, 2.24) is 0 Å². The van der Waals surface area contributed by atoms with Gasteiger partial charge in [-0.1, -0.05) is 48.5 Å². The number of carbonyl (C=O) groups is 2. The molecule has 0 saturated carbocycles. The van der Waals surface area contributed by atoms with Gasteiger partial charge in [0.1, 0.15) is 6.29 Å². The average molecular weight is 290 g/mol. The molecule has 0 fully saturated rings. The van der Waals surface area contributed by atoms with Crippen LogP contribution in [0.4, 0.5) is 0 Å². The fourth-order valence-corrected chi connectivity index (χ4v) is 2.56. The van der Waals surface area contributed by atoms with Gasteiger partial charge in [0.15, 0.2) is 0 Å². The molecule has 0 bridgehead atoms. The van der Waals surface area contributed by atoms with Crippen molar-refractivity contribution in [3.63, 3.8) is 0 Å². The minimum atomic E-state index is -0.387. The Bertz CT molecular complexity index is 796. The molecule has 0 aromatic heterocycles. The van der Waals surface area contributed by atoms with Crippen molar-refractivity contribution >= 4 is 29.5 Å². The number of ether oxygens (including phenoxy) is 1. The molecule has 108 valence electrons. The number of methoxy groups -OCH3 is 1. The first-order valence-corrected chi connectivity index (χ1v) is 6.89. The van der Waals surface area contributed by atoms with E-state index in [2.05, 4.69) is 0 Å². The standard InChI is InChI=1S/C19H14O3/c1-22-19(21)11-18-16-5-3-2-4-15(16)10-17(18)14-8-6-13(12-20)7-9-14/h2-12H,1H3/b18-11-. The number of esters is 1. The molecule has 0 saturated heterocycles. The zero-order valence-corrected chi connectivity index (χ0v) is 12.1. The predicted molar refractivity (Wildman–Crippen MR) is 86.1 cm³/mol. The first kappa shape index (κ1) is 14.0. The van der Waals surface area contributed by atoms with E-state index in [0.717, 1.165) is 34.1 Å². The van der Waals surface area contributed by atoms with Gasteiger partial charge in [0.25, 0.3) is 0 Å². The quantitative estimate of drug-likeness (QED) is 0.493. The Hall–Kier alpha value is -2.94. The summed E-state index contributed by atoms with van der Waals surface area (Å²) in [7, 11) is 1.36. The van der Waals surface area contributed by atoms with E-state index < -0.39 is 0 Å². The van der Waals surface area contributed by atoms with E-state index in [0.29, 0.717) is 5.56 Å². The zero-order valence-electron chi connectivity index (χ0n) is 12.1. The number of rotatable bonds is 3. The molecule has 0 amide bonds. The Balaban J connectivity index is 2.11. The molecular formula is C19H14O3. The van der Waals surface area contributed by atoms with Gasteiger partial charge >= 0.3 is 5.97 Å². The lowest BCUT2D eigenvalue weighted by Crippen LogP contribution is -1.97. The van der Waals surface area contributed by atoms with Gasteiger partial charge in [-0.25, -0.2) is 4.79 Å². The molecule has 0 atom stereocenters. The lowest BCUT2D eigenvalue weighted by Gasteiger charge is -2.08. The fourth-order valence-electron chi connectivity index (χ4n) is 2.56. The number of carbonyl (C=O) groups excluding carboxylic acids is 2. The van der Waals surface area contributed by atoms with Gasteiger partial charge in [-0.2, -0.15) is 0 Å². The molecule has 0 spiro atoms. The number of allylic oxidation sites excluding steroid dienone is 2. The highest BCUT2D eigenvalue weighted by Crippen LogP contribution is 2.41. The number of fused-ring (bicyclic) bond motifs is 1. The summed E-state index contributed by atoms with van der Waals surface area (Å²) >= 11 is 0. The topological polar surface area (TPSA) is 43.4 Å². The van der Waals surface area contributed by atoms with Gasteiger partial charge in [-0.05, 0) is 33.9 Å². The Labute approximate surface area is 128 Å². The van der Waals surface area contributed by atoms with Gasteiger partial charge in [0, 0.05) is 11.6 Å². The van der Waals surface area contributed by atoms with E-state index in [1.165, 1.54) is 13.2 Å². The Kier molecular flexibility index (Phi) is 3.71. The van der Waals surface area contributed by atoms with E-state index in [1.807, 2.05) is 42.5 Å². The van der Waals surface area contributed by atoms with Crippen molar-refractivity contribution in [2.24, 2.45) is 0 Å². The largest absolute Gasteiger partial charge is 0.466 e. The van der Waals surface area contributed by atoms with Crippen LogP contribution in [0.15, 0.2) is 54.6 Å². The van der Waals surface area contributed by atoms with Crippen LogP contribution in [0.25, 0.3) is 17.2 Å². The molecule has 0 unspecified atom stereocenters. The predicted octanol–water partition coefficient (Wildman–Crippen LogP) is 3.61. The average Bonchev–Trinajstić information content (AvgIpc) is 2.93. The molecule has 3 rings (SSSR count). The molecule has 0 N–H and O–H groups in total. The normalized spacial score (nSPS) is 14.4. The molecule has 22 heavy (non-hydrogen) atoms. The van der Waals surface area contributed by atoms with Crippen molar-refractivity contribution < 1.29 is 14.3 Å². The number of hydrogen-bond donors (Lipinski definition) is 0. The SMILES string of the molecule is COC(=O)/C=C1\C(c2ccc(C=O)cc2)=Cc2ccccc21.